The standard InChI is InChI=1S/C16H19N3O2/c17-9-8-16(21)11-18(12-16)15(20)14-7-4-10-19(14)13-5-2-1-3-6-13/h1-3,5-6,14,21H,4,7-8,10-12H2. The number of β-amino-alcohol motifs (C(OH)–C–C–N with tert-alkyl or cyclic N) is 1. The molecular formula is C16H19N3O2. The van der Waals surface area contributed by atoms with Gasteiger partial charge < -0.3 is 14.9 Å². The van der Waals surface area contributed by atoms with E-state index in [4.69, 9.17) is 5.26 Å². The van der Waals surface area contributed by atoms with E-state index < -0.39 is 5.60 Å². The number of benzene rings is 1. The molecule has 21 heavy (non-hydrogen) atoms. The van der Waals surface area contributed by atoms with Crippen molar-refractivity contribution in [1.82, 2.24) is 4.90 Å². The van der Waals surface area contributed by atoms with Crippen LogP contribution in [0.1, 0.15) is 19.3 Å². The van der Waals surface area contributed by atoms with Gasteiger partial charge in [-0.1, -0.05) is 18.2 Å². The zero-order chi connectivity index (χ0) is 14.9. The van der Waals surface area contributed by atoms with Crippen molar-refractivity contribution in [2.24, 2.45) is 0 Å². The Morgan fingerprint density at radius 2 is 2.10 bits per heavy atom. The fraction of sp³-hybridized carbons (Fsp3) is 0.500. The second-order valence-electron chi connectivity index (χ2n) is 5.94. The molecule has 0 aliphatic carbocycles. The van der Waals surface area contributed by atoms with E-state index in [-0.39, 0.29) is 31.5 Å². The van der Waals surface area contributed by atoms with Gasteiger partial charge in [0.15, 0.2) is 0 Å². The maximum absolute atomic E-state index is 12.6. The van der Waals surface area contributed by atoms with Crippen molar-refractivity contribution >= 4 is 11.6 Å². The second-order valence-corrected chi connectivity index (χ2v) is 5.94. The number of carbonyl (C=O) groups excluding carboxylic acids is 1. The van der Waals surface area contributed by atoms with Crippen molar-refractivity contribution in [2.75, 3.05) is 24.5 Å². The van der Waals surface area contributed by atoms with Crippen molar-refractivity contribution < 1.29 is 9.90 Å². The molecule has 1 aromatic rings. The lowest BCUT2D eigenvalue weighted by Gasteiger charge is -2.47. The van der Waals surface area contributed by atoms with E-state index in [1.165, 1.54) is 0 Å². The first-order chi connectivity index (χ1) is 10.1. The van der Waals surface area contributed by atoms with Gasteiger partial charge in [0.2, 0.25) is 5.91 Å². The predicted molar refractivity (Wildman–Crippen MR) is 78.6 cm³/mol. The van der Waals surface area contributed by atoms with E-state index in [1.807, 2.05) is 36.4 Å². The summed E-state index contributed by atoms with van der Waals surface area (Å²) in [6.07, 6.45) is 1.94. The number of carbonyl (C=O) groups is 1. The molecule has 110 valence electrons. The molecule has 2 heterocycles. The van der Waals surface area contributed by atoms with Gasteiger partial charge in [0.25, 0.3) is 0 Å². The molecule has 0 bridgehead atoms. The Morgan fingerprint density at radius 3 is 2.76 bits per heavy atom. The molecule has 3 rings (SSSR count). The smallest absolute Gasteiger partial charge is 0.245 e. The summed E-state index contributed by atoms with van der Waals surface area (Å²) in [5.74, 6) is 0.0685. The van der Waals surface area contributed by atoms with Gasteiger partial charge in [-0.3, -0.25) is 4.79 Å². The number of aliphatic hydroxyl groups is 1. The molecule has 2 saturated heterocycles. The molecule has 0 aromatic heterocycles. The Kier molecular flexibility index (Phi) is 3.56. The predicted octanol–water partition coefficient (Wildman–Crippen LogP) is 1.14. The van der Waals surface area contributed by atoms with E-state index in [0.29, 0.717) is 0 Å². The van der Waals surface area contributed by atoms with E-state index in [9.17, 15) is 9.90 Å². The lowest BCUT2D eigenvalue weighted by Crippen LogP contribution is -2.65. The van der Waals surface area contributed by atoms with Crippen LogP contribution >= 0.6 is 0 Å². The summed E-state index contributed by atoms with van der Waals surface area (Å²) < 4.78 is 0. The molecule has 1 aromatic carbocycles. The van der Waals surface area contributed by atoms with Crippen LogP contribution in [-0.4, -0.2) is 47.2 Å². The fourth-order valence-corrected chi connectivity index (χ4v) is 3.24. The average Bonchev–Trinajstić information content (AvgIpc) is 2.94. The van der Waals surface area contributed by atoms with Crippen molar-refractivity contribution in [2.45, 2.75) is 30.9 Å². The highest BCUT2D eigenvalue weighted by atomic mass is 16.3. The first kappa shape index (κ1) is 13.9. The number of likely N-dealkylation sites (tertiary alicyclic amines) is 1. The van der Waals surface area contributed by atoms with Crippen molar-refractivity contribution in [1.29, 1.82) is 5.26 Å². The third kappa shape index (κ3) is 2.59. The first-order valence-electron chi connectivity index (χ1n) is 7.33. The topological polar surface area (TPSA) is 67.6 Å². The molecule has 5 nitrogen and oxygen atoms in total. The van der Waals surface area contributed by atoms with Gasteiger partial charge >= 0.3 is 0 Å². The van der Waals surface area contributed by atoms with Gasteiger partial charge in [-0.15, -0.1) is 0 Å². The first-order valence-corrected chi connectivity index (χ1v) is 7.33. The van der Waals surface area contributed by atoms with Crippen molar-refractivity contribution in [3.05, 3.63) is 30.3 Å². The third-order valence-corrected chi connectivity index (χ3v) is 4.32. The Hall–Kier alpha value is -2.06. The Morgan fingerprint density at radius 1 is 1.38 bits per heavy atom. The van der Waals surface area contributed by atoms with Gasteiger partial charge in [-0.2, -0.15) is 5.26 Å². The number of nitrogens with zero attached hydrogens (tertiary/aromatic N) is 3. The van der Waals surface area contributed by atoms with Crippen LogP contribution in [0, 0.1) is 11.3 Å². The summed E-state index contributed by atoms with van der Waals surface area (Å²) in [5, 5.41) is 18.7. The van der Waals surface area contributed by atoms with Crippen molar-refractivity contribution in [3.8, 4) is 6.07 Å². The third-order valence-electron chi connectivity index (χ3n) is 4.32. The highest BCUT2D eigenvalue weighted by molar-refractivity contribution is 5.86. The van der Waals surface area contributed by atoms with Crippen molar-refractivity contribution in [3.63, 3.8) is 0 Å². The maximum Gasteiger partial charge on any atom is 0.245 e. The number of hydrogen-bond donors (Lipinski definition) is 1. The molecule has 5 heteroatoms. The summed E-state index contributed by atoms with van der Waals surface area (Å²) in [7, 11) is 0. The van der Waals surface area contributed by atoms with Crippen LogP contribution in [-0.2, 0) is 4.79 Å². The van der Waals surface area contributed by atoms with E-state index in [1.54, 1.807) is 4.90 Å². The van der Waals surface area contributed by atoms with Crippen LogP contribution in [0.15, 0.2) is 30.3 Å². The molecule has 2 fully saturated rings. The minimum atomic E-state index is -0.999. The molecule has 2 aliphatic heterocycles. The maximum atomic E-state index is 12.6. The molecule has 2 aliphatic rings. The molecular weight excluding hydrogens is 266 g/mol. The molecule has 0 saturated carbocycles. The quantitative estimate of drug-likeness (QED) is 0.904. The van der Waals surface area contributed by atoms with Gasteiger partial charge in [0, 0.05) is 12.2 Å². The van der Waals surface area contributed by atoms with Crippen LogP contribution in [0.4, 0.5) is 5.69 Å². The lowest BCUT2D eigenvalue weighted by molar-refractivity contribution is -0.155. The van der Waals surface area contributed by atoms with Gasteiger partial charge in [0.05, 0.1) is 25.6 Å². The monoisotopic (exact) mass is 285 g/mol. The van der Waals surface area contributed by atoms with Crippen LogP contribution in [0.3, 0.4) is 0 Å². The Labute approximate surface area is 124 Å². The molecule has 0 spiro atoms. The van der Waals surface area contributed by atoms with Crippen LogP contribution in [0.25, 0.3) is 0 Å². The van der Waals surface area contributed by atoms with E-state index in [2.05, 4.69) is 4.90 Å². The molecule has 0 radical (unpaired) electrons. The number of anilines is 1. The van der Waals surface area contributed by atoms with Gasteiger partial charge in [-0.25, -0.2) is 0 Å². The number of hydrogen-bond acceptors (Lipinski definition) is 4. The van der Waals surface area contributed by atoms with E-state index in [0.717, 1.165) is 25.1 Å². The van der Waals surface area contributed by atoms with Crippen LogP contribution in [0.5, 0.6) is 0 Å². The molecule has 1 atom stereocenters. The fourth-order valence-electron chi connectivity index (χ4n) is 3.24. The largest absolute Gasteiger partial charge is 0.385 e. The number of amides is 1. The Bertz CT molecular complexity index is 561. The minimum Gasteiger partial charge on any atom is -0.385 e. The normalized spacial score (nSPS) is 23.5. The SMILES string of the molecule is N#CCC1(O)CN(C(=O)C2CCCN2c2ccccc2)C1. The highest BCUT2D eigenvalue weighted by Gasteiger charge is 2.46. The zero-order valence-corrected chi connectivity index (χ0v) is 11.9. The zero-order valence-electron chi connectivity index (χ0n) is 11.9. The summed E-state index contributed by atoms with van der Waals surface area (Å²) >= 11 is 0. The summed E-state index contributed by atoms with van der Waals surface area (Å²) in [6.45, 7) is 1.44. The molecule has 1 N–H and O–H groups in total. The second kappa shape index (κ2) is 5.38. The van der Waals surface area contributed by atoms with Gasteiger partial charge in [0.1, 0.15) is 11.6 Å². The van der Waals surface area contributed by atoms with Crippen LogP contribution < -0.4 is 4.90 Å². The van der Waals surface area contributed by atoms with Crippen LogP contribution in [0.2, 0.25) is 0 Å². The lowest BCUT2D eigenvalue weighted by atomic mass is 9.90. The summed E-state index contributed by atoms with van der Waals surface area (Å²) in [5.41, 5.74) is 0.0711. The highest BCUT2D eigenvalue weighted by Crippen LogP contribution is 2.30. The minimum absolute atomic E-state index is 0.0685. The summed E-state index contributed by atoms with van der Waals surface area (Å²) in [4.78, 5) is 16.4. The Balaban J connectivity index is 1.67. The van der Waals surface area contributed by atoms with Gasteiger partial charge in [-0.05, 0) is 25.0 Å². The number of nitriles is 1. The summed E-state index contributed by atoms with van der Waals surface area (Å²) in [6, 6.07) is 11.8. The molecule has 1 amide bonds. The molecule has 1 unspecified atom stereocenters. The number of rotatable bonds is 3. The average molecular weight is 285 g/mol. The number of para-hydroxylation sites is 1. The van der Waals surface area contributed by atoms with E-state index >= 15 is 0 Å².